The van der Waals surface area contributed by atoms with Crippen LogP contribution in [0.4, 0.5) is 0 Å². The number of methoxy groups -OCH3 is 1. The van der Waals surface area contributed by atoms with Crippen LogP contribution in [0.1, 0.15) is 18.2 Å². The Morgan fingerprint density at radius 1 is 1.52 bits per heavy atom. The number of thiophene rings is 1. The van der Waals surface area contributed by atoms with E-state index < -0.39 is 0 Å². The van der Waals surface area contributed by atoms with Gasteiger partial charge < -0.3 is 10.1 Å². The summed E-state index contributed by atoms with van der Waals surface area (Å²) in [6.07, 6.45) is 1.60. The number of thioether (sulfide) groups is 1. The number of carbonyl (C=O) groups is 1. The number of nitrogens with one attached hydrogen (secondary N) is 1. The Morgan fingerprint density at radius 2 is 2.30 bits per heavy atom. The molecule has 0 saturated heterocycles. The van der Waals surface area contributed by atoms with Crippen LogP contribution in [-0.4, -0.2) is 42.0 Å². The zero-order valence-electron chi connectivity index (χ0n) is 13.5. The van der Waals surface area contributed by atoms with E-state index in [9.17, 15) is 9.59 Å². The molecule has 6 nitrogen and oxygen atoms in total. The van der Waals surface area contributed by atoms with Crippen LogP contribution in [0.15, 0.2) is 16.0 Å². The van der Waals surface area contributed by atoms with Gasteiger partial charge in [0, 0.05) is 32.2 Å². The van der Waals surface area contributed by atoms with Crippen LogP contribution < -0.4 is 10.9 Å². The Morgan fingerprint density at radius 3 is 2.96 bits per heavy atom. The Labute approximate surface area is 143 Å². The van der Waals surface area contributed by atoms with Crippen molar-refractivity contribution < 1.29 is 9.53 Å². The molecule has 2 rings (SSSR count). The molecule has 0 radical (unpaired) electrons. The molecule has 0 bridgehead atoms. The average molecular weight is 355 g/mol. The molecule has 0 aromatic carbocycles. The maximum absolute atomic E-state index is 12.8. The van der Waals surface area contributed by atoms with Crippen molar-refractivity contribution in [1.82, 2.24) is 14.9 Å². The van der Waals surface area contributed by atoms with E-state index in [0.717, 1.165) is 22.5 Å². The number of aryl methyl sites for hydroxylation is 1. The molecule has 0 aliphatic carbocycles. The summed E-state index contributed by atoms with van der Waals surface area (Å²) in [5, 5.41) is 3.83. The molecule has 0 aliphatic heterocycles. The maximum atomic E-state index is 12.8. The molecule has 1 amide bonds. The highest BCUT2D eigenvalue weighted by Gasteiger charge is 2.15. The number of ether oxygens (including phenoxy) is 1. The van der Waals surface area contributed by atoms with Crippen LogP contribution in [0.3, 0.4) is 0 Å². The fourth-order valence-electron chi connectivity index (χ4n) is 2.10. The molecule has 1 N–H and O–H groups in total. The summed E-state index contributed by atoms with van der Waals surface area (Å²) in [6, 6.07) is 1.93. The highest BCUT2D eigenvalue weighted by atomic mass is 32.2. The zero-order chi connectivity index (χ0) is 16.8. The number of nitrogens with zero attached hydrogens (tertiary/aromatic N) is 2. The molecule has 0 saturated carbocycles. The van der Waals surface area contributed by atoms with Gasteiger partial charge in [-0.3, -0.25) is 14.2 Å². The number of rotatable bonds is 8. The summed E-state index contributed by atoms with van der Waals surface area (Å²) in [6.45, 7) is 3.17. The van der Waals surface area contributed by atoms with Crippen LogP contribution in [0.25, 0.3) is 10.2 Å². The van der Waals surface area contributed by atoms with Crippen LogP contribution in [0.5, 0.6) is 0 Å². The maximum Gasteiger partial charge on any atom is 0.262 e. The van der Waals surface area contributed by atoms with Crippen LogP contribution in [0, 0.1) is 0 Å². The number of aromatic nitrogens is 2. The van der Waals surface area contributed by atoms with E-state index in [1.807, 2.05) is 6.07 Å². The summed E-state index contributed by atoms with van der Waals surface area (Å²) in [5.41, 5.74) is -0.0403. The van der Waals surface area contributed by atoms with Gasteiger partial charge in [0.1, 0.15) is 4.83 Å². The molecule has 2 aromatic heterocycles. The third-order valence-electron chi connectivity index (χ3n) is 3.36. The van der Waals surface area contributed by atoms with Gasteiger partial charge in [-0.05, 0) is 18.9 Å². The summed E-state index contributed by atoms with van der Waals surface area (Å²) >= 11 is 2.83. The van der Waals surface area contributed by atoms with Crippen LogP contribution >= 0.6 is 23.1 Å². The van der Waals surface area contributed by atoms with Crippen molar-refractivity contribution >= 4 is 39.2 Å². The molecule has 0 spiro atoms. The molecule has 23 heavy (non-hydrogen) atoms. The lowest BCUT2D eigenvalue weighted by atomic mass is 10.3. The van der Waals surface area contributed by atoms with Gasteiger partial charge >= 0.3 is 0 Å². The molecule has 8 heteroatoms. The van der Waals surface area contributed by atoms with E-state index in [2.05, 4.69) is 17.2 Å². The first-order chi connectivity index (χ1) is 11.1. The number of fused-ring (bicyclic) bond motifs is 1. The first-order valence-electron chi connectivity index (χ1n) is 7.46. The minimum atomic E-state index is -0.0896. The Kier molecular flexibility index (Phi) is 6.61. The lowest BCUT2D eigenvalue weighted by molar-refractivity contribution is -0.118. The second-order valence-corrected chi connectivity index (χ2v) is 7.00. The fourth-order valence-corrected chi connectivity index (χ4v) is 4.00. The Hall–Kier alpha value is -1.38. The zero-order valence-corrected chi connectivity index (χ0v) is 15.2. The van der Waals surface area contributed by atoms with Gasteiger partial charge in [0.15, 0.2) is 5.16 Å². The smallest absolute Gasteiger partial charge is 0.262 e. The first-order valence-corrected chi connectivity index (χ1v) is 9.26. The highest BCUT2D eigenvalue weighted by molar-refractivity contribution is 7.99. The minimum Gasteiger partial charge on any atom is -0.385 e. The molecule has 0 aliphatic rings. The molecular formula is C15H21N3O3S2. The van der Waals surface area contributed by atoms with Crippen molar-refractivity contribution in [2.75, 3.05) is 26.5 Å². The van der Waals surface area contributed by atoms with Gasteiger partial charge in [0.05, 0.1) is 11.1 Å². The molecule has 2 heterocycles. The Balaban J connectivity index is 2.40. The Bertz CT molecular complexity index is 739. The summed E-state index contributed by atoms with van der Waals surface area (Å²) < 4.78 is 6.72. The molecule has 0 atom stereocenters. The molecule has 0 fully saturated rings. The number of carbonyl (C=O) groups excluding carboxylic acids is 1. The van der Waals surface area contributed by atoms with Crippen molar-refractivity contribution in [3.05, 3.63) is 21.3 Å². The van der Waals surface area contributed by atoms with Gasteiger partial charge in [-0.25, -0.2) is 4.98 Å². The van der Waals surface area contributed by atoms with E-state index in [-0.39, 0.29) is 17.2 Å². The third kappa shape index (κ3) is 4.33. The van der Waals surface area contributed by atoms with Crippen LogP contribution in [0.2, 0.25) is 0 Å². The lowest BCUT2D eigenvalue weighted by Gasteiger charge is -2.11. The number of amides is 1. The van der Waals surface area contributed by atoms with Gasteiger partial charge in [0.25, 0.3) is 5.56 Å². The third-order valence-corrected chi connectivity index (χ3v) is 5.51. The second-order valence-electron chi connectivity index (χ2n) is 4.94. The average Bonchev–Trinajstić information content (AvgIpc) is 2.98. The largest absolute Gasteiger partial charge is 0.385 e. The molecule has 0 unspecified atom stereocenters. The highest BCUT2D eigenvalue weighted by Crippen LogP contribution is 2.25. The van der Waals surface area contributed by atoms with Gasteiger partial charge in [0.2, 0.25) is 5.91 Å². The number of hydrogen-bond acceptors (Lipinski definition) is 6. The van der Waals surface area contributed by atoms with Crippen molar-refractivity contribution in [3.8, 4) is 0 Å². The van der Waals surface area contributed by atoms with Gasteiger partial charge in [-0.15, -0.1) is 11.3 Å². The fraction of sp³-hybridized carbons (Fsp3) is 0.533. The predicted molar refractivity (Wildman–Crippen MR) is 94.5 cm³/mol. The van der Waals surface area contributed by atoms with Crippen molar-refractivity contribution in [2.24, 2.45) is 0 Å². The topological polar surface area (TPSA) is 73.2 Å². The minimum absolute atomic E-state index is 0.0403. The van der Waals surface area contributed by atoms with Crippen LogP contribution in [-0.2, 0) is 22.5 Å². The normalized spacial score (nSPS) is 11.1. The predicted octanol–water partition coefficient (Wildman–Crippen LogP) is 1.89. The monoisotopic (exact) mass is 355 g/mol. The first kappa shape index (κ1) is 18.0. The molecule has 2 aromatic rings. The van der Waals surface area contributed by atoms with E-state index >= 15 is 0 Å². The quantitative estimate of drug-likeness (QED) is 0.445. The second kappa shape index (κ2) is 8.47. The van der Waals surface area contributed by atoms with E-state index in [0.29, 0.717) is 23.7 Å². The summed E-state index contributed by atoms with van der Waals surface area (Å²) in [7, 11) is 3.23. The van der Waals surface area contributed by atoms with Gasteiger partial charge in [-0.1, -0.05) is 18.7 Å². The summed E-state index contributed by atoms with van der Waals surface area (Å²) in [4.78, 5) is 30.8. The van der Waals surface area contributed by atoms with E-state index in [1.165, 1.54) is 23.1 Å². The number of hydrogen-bond donors (Lipinski definition) is 1. The van der Waals surface area contributed by atoms with E-state index in [1.54, 1.807) is 18.7 Å². The molecule has 126 valence electrons. The molecular weight excluding hydrogens is 334 g/mol. The van der Waals surface area contributed by atoms with E-state index in [4.69, 9.17) is 4.74 Å². The van der Waals surface area contributed by atoms with Crippen molar-refractivity contribution in [3.63, 3.8) is 0 Å². The van der Waals surface area contributed by atoms with Gasteiger partial charge in [-0.2, -0.15) is 0 Å². The lowest BCUT2D eigenvalue weighted by Crippen LogP contribution is -2.25. The van der Waals surface area contributed by atoms with Crippen molar-refractivity contribution in [2.45, 2.75) is 31.5 Å². The summed E-state index contributed by atoms with van der Waals surface area (Å²) in [5.74, 6) is 0.151. The SMILES string of the molecule is CCc1cc2c(=O)n(CCCOC)c(SCC(=O)NC)nc2s1. The van der Waals surface area contributed by atoms with Crippen molar-refractivity contribution in [1.29, 1.82) is 0 Å². The standard InChI is InChI=1S/C15H21N3O3S2/c1-4-10-8-11-13(23-10)17-15(22-9-12(19)16-2)18(14(11)20)6-5-7-21-3/h8H,4-7,9H2,1-3H3,(H,16,19).